The molecule has 6 rings (SSSR count). The van der Waals surface area contributed by atoms with E-state index in [4.69, 9.17) is 4.74 Å². The molecule has 1 nitrogen and oxygen atoms in total. The minimum absolute atomic E-state index is 0.591. The number of ether oxygens (including phenoxy) is 1. The van der Waals surface area contributed by atoms with E-state index in [0.29, 0.717) is 13.2 Å². The van der Waals surface area contributed by atoms with Gasteiger partial charge in [-0.25, -0.2) is 0 Å². The van der Waals surface area contributed by atoms with Crippen molar-refractivity contribution < 1.29 is 4.74 Å². The molecule has 0 bridgehead atoms. The summed E-state index contributed by atoms with van der Waals surface area (Å²) in [4.78, 5) is 0. The predicted octanol–water partition coefficient (Wildman–Crippen LogP) is 11.0. The monoisotopic (exact) mass is 534 g/mol. The molecule has 41 heavy (non-hydrogen) atoms. The van der Waals surface area contributed by atoms with E-state index in [-0.39, 0.29) is 0 Å². The highest BCUT2D eigenvalue weighted by Crippen LogP contribution is 2.48. The fraction of sp³-hybridized carbons (Fsp3) is 0.200. The molecule has 0 atom stereocenters. The fourth-order valence-electron chi connectivity index (χ4n) is 6.32. The van der Waals surface area contributed by atoms with Crippen LogP contribution < -0.4 is 0 Å². The van der Waals surface area contributed by atoms with Crippen molar-refractivity contribution in [2.24, 2.45) is 0 Å². The van der Waals surface area contributed by atoms with Gasteiger partial charge in [0.15, 0.2) is 0 Å². The van der Waals surface area contributed by atoms with Gasteiger partial charge in [-0.2, -0.15) is 0 Å². The van der Waals surface area contributed by atoms with E-state index >= 15 is 0 Å². The second kappa shape index (κ2) is 11.7. The minimum atomic E-state index is 0.591. The Morgan fingerprint density at radius 2 is 1.10 bits per heavy atom. The van der Waals surface area contributed by atoms with E-state index in [9.17, 15) is 0 Å². The number of aryl methyl sites for hydroxylation is 3. The summed E-state index contributed by atoms with van der Waals surface area (Å²) in [5, 5.41) is 5.07. The van der Waals surface area contributed by atoms with Gasteiger partial charge in [0.2, 0.25) is 0 Å². The topological polar surface area (TPSA) is 9.23 Å². The van der Waals surface area contributed by atoms with Crippen LogP contribution >= 0.6 is 0 Å². The largest absolute Gasteiger partial charge is 0.377 e. The highest BCUT2D eigenvalue weighted by Gasteiger charge is 2.23. The maximum absolute atomic E-state index is 6.06. The van der Waals surface area contributed by atoms with Crippen LogP contribution in [0.1, 0.15) is 43.0 Å². The molecule has 0 fully saturated rings. The molecule has 0 aliphatic carbocycles. The van der Waals surface area contributed by atoms with Crippen molar-refractivity contribution in [3.63, 3.8) is 0 Å². The van der Waals surface area contributed by atoms with Crippen LogP contribution in [0.15, 0.2) is 109 Å². The Kier molecular flexibility index (Phi) is 7.72. The van der Waals surface area contributed by atoms with Gasteiger partial charge in [-0.1, -0.05) is 110 Å². The van der Waals surface area contributed by atoms with Crippen LogP contribution in [-0.2, 0) is 24.2 Å². The first-order valence-corrected chi connectivity index (χ1v) is 15.0. The van der Waals surface area contributed by atoms with Gasteiger partial charge in [0, 0.05) is 6.61 Å². The molecular formula is C40H38O. The quantitative estimate of drug-likeness (QED) is 0.176. The van der Waals surface area contributed by atoms with Gasteiger partial charge in [-0.05, 0) is 117 Å². The molecule has 0 saturated carbocycles. The summed E-state index contributed by atoms with van der Waals surface area (Å²) in [5.41, 5.74) is 13.0. The second-order valence-corrected chi connectivity index (χ2v) is 10.9. The maximum Gasteiger partial charge on any atom is 0.0722 e. The Balaban J connectivity index is 1.85. The number of fused-ring (bicyclic) bond motifs is 2. The molecule has 204 valence electrons. The van der Waals surface area contributed by atoms with Crippen molar-refractivity contribution >= 4 is 21.5 Å². The van der Waals surface area contributed by atoms with Crippen molar-refractivity contribution in [1.29, 1.82) is 0 Å². The normalized spacial score (nSPS) is 11.4. The van der Waals surface area contributed by atoms with E-state index in [2.05, 4.69) is 137 Å². The Labute approximate surface area is 244 Å². The van der Waals surface area contributed by atoms with Gasteiger partial charge in [0.05, 0.1) is 6.61 Å². The van der Waals surface area contributed by atoms with Gasteiger partial charge in [-0.15, -0.1) is 0 Å². The molecule has 0 amide bonds. The molecule has 0 unspecified atom stereocenters. The lowest BCUT2D eigenvalue weighted by Crippen LogP contribution is -2.01. The maximum atomic E-state index is 6.06. The zero-order valence-corrected chi connectivity index (χ0v) is 24.6. The second-order valence-electron chi connectivity index (χ2n) is 10.9. The average Bonchev–Trinajstić information content (AvgIpc) is 3.02. The first kappa shape index (κ1) is 27.0. The Hall–Kier alpha value is -4.20. The lowest BCUT2D eigenvalue weighted by atomic mass is 9.79. The van der Waals surface area contributed by atoms with Crippen LogP contribution in [0.4, 0.5) is 0 Å². The van der Waals surface area contributed by atoms with Crippen molar-refractivity contribution in [3.8, 4) is 33.4 Å². The number of benzene rings is 6. The summed E-state index contributed by atoms with van der Waals surface area (Å²) in [6, 6.07) is 40.7. The summed E-state index contributed by atoms with van der Waals surface area (Å²) in [5.74, 6) is 0. The molecule has 6 aromatic rings. The summed E-state index contributed by atoms with van der Waals surface area (Å²) < 4.78 is 6.06. The third kappa shape index (κ3) is 5.07. The van der Waals surface area contributed by atoms with Crippen LogP contribution in [0.2, 0.25) is 0 Å². The molecule has 0 heterocycles. The molecule has 0 aliphatic heterocycles. The van der Waals surface area contributed by atoms with Crippen molar-refractivity contribution in [2.45, 2.75) is 47.1 Å². The summed E-state index contributed by atoms with van der Waals surface area (Å²) in [6.45, 7) is 10.0. The first-order chi connectivity index (χ1) is 20.1. The van der Waals surface area contributed by atoms with Crippen molar-refractivity contribution in [3.05, 3.63) is 131 Å². The average molecular weight is 535 g/mol. The van der Waals surface area contributed by atoms with Crippen molar-refractivity contribution in [1.82, 2.24) is 0 Å². The molecule has 0 saturated heterocycles. The lowest BCUT2D eigenvalue weighted by Gasteiger charge is -2.24. The molecule has 6 aromatic carbocycles. The van der Waals surface area contributed by atoms with Crippen LogP contribution in [0, 0.1) is 6.92 Å². The SMILES string of the molecule is CCOCc1cc(C)ccc1-c1c(-c2ccccc2CC)c(-c2ccccc2CC)cc2cc3ccccc3cc12. The first-order valence-electron chi connectivity index (χ1n) is 15.0. The standard InChI is InChI=1S/C40H38O/c1-5-28-14-10-12-18-34(28)38-25-32-23-30-16-8-9-17-31(30)24-37(32)39(40(38)35-19-13-11-15-29(35)6-2)36-21-20-27(4)22-33(36)26-41-7-3/h8-25H,5-7,26H2,1-4H3. The lowest BCUT2D eigenvalue weighted by molar-refractivity contribution is 0.134. The van der Waals surface area contributed by atoms with Crippen LogP contribution in [0.25, 0.3) is 54.9 Å². The highest BCUT2D eigenvalue weighted by molar-refractivity contribution is 6.14. The van der Waals surface area contributed by atoms with Gasteiger partial charge in [-0.3, -0.25) is 0 Å². The molecule has 0 aliphatic rings. The summed E-state index contributed by atoms with van der Waals surface area (Å²) >= 11 is 0. The van der Waals surface area contributed by atoms with E-state index in [0.717, 1.165) is 12.8 Å². The predicted molar refractivity (Wildman–Crippen MR) is 177 cm³/mol. The third-order valence-corrected chi connectivity index (χ3v) is 8.35. The molecule has 0 radical (unpaired) electrons. The zero-order valence-electron chi connectivity index (χ0n) is 24.6. The number of hydrogen-bond donors (Lipinski definition) is 0. The Bertz CT molecular complexity index is 1860. The van der Waals surface area contributed by atoms with Gasteiger partial charge >= 0.3 is 0 Å². The van der Waals surface area contributed by atoms with Gasteiger partial charge in [0.25, 0.3) is 0 Å². The molecule has 1 heteroatoms. The highest BCUT2D eigenvalue weighted by atomic mass is 16.5. The van der Waals surface area contributed by atoms with E-state index in [1.165, 1.54) is 77.2 Å². The van der Waals surface area contributed by atoms with E-state index in [1.807, 2.05) is 0 Å². The van der Waals surface area contributed by atoms with Crippen LogP contribution in [-0.4, -0.2) is 6.61 Å². The summed E-state index contributed by atoms with van der Waals surface area (Å²) in [6.07, 6.45) is 1.95. The smallest absolute Gasteiger partial charge is 0.0722 e. The molecule has 0 N–H and O–H groups in total. The molecular weight excluding hydrogens is 496 g/mol. The fourth-order valence-corrected chi connectivity index (χ4v) is 6.32. The van der Waals surface area contributed by atoms with E-state index < -0.39 is 0 Å². The minimum Gasteiger partial charge on any atom is -0.377 e. The van der Waals surface area contributed by atoms with Gasteiger partial charge < -0.3 is 4.74 Å². The summed E-state index contributed by atoms with van der Waals surface area (Å²) in [7, 11) is 0. The Morgan fingerprint density at radius 3 is 1.80 bits per heavy atom. The zero-order chi connectivity index (χ0) is 28.3. The van der Waals surface area contributed by atoms with Crippen LogP contribution in [0.5, 0.6) is 0 Å². The van der Waals surface area contributed by atoms with Crippen LogP contribution in [0.3, 0.4) is 0 Å². The van der Waals surface area contributed by atoms with E-state index in [1.54, 1.807) is 0 Å². The molecule has 0 aromatic heterocycles. The van der Waals surface area contributed by atoms with Gasteiger partial charge in [0.1, 0.15) is 0 Å². The third-order valence-electron chi connectivity index (χ3n) is 8.35. The number of rotatable bonds is 8. The number of hydrogen-bond acceptors (Lipinski definition) is 1. The Morgan fingerprint density at radius 1 is 0.488 bits per heavy atom. The molecule has 0 spiro atoms. The van der Waals surface area contributed by atoms with Crippen molar-refractivity contribution in [2.75, 3.05) is 6.61 Å².